The number of hydrogen-bond donors (Lipinski definition) is 1. The van der Waals surface area contributed by atoms with Crippen LogP contribution in [0.25, 0.3) is 0 Å². The Balaban J connectivity index is 1.76. The number of aliphatic carboxylic acids is 1. The summed E-state index contributed by atoms with van der Waals surface area (Å²) >= 11 is 0. The molecule has 0 aromatic rings. The third kappa shape index (κ3) is 2.55. The van der Waals surface area contributed by atoms with Gasteiger partial charge < -0.3 is 9.84 Å². The average Bonchev–Trinajstić information content (AvgIpc) is 2.97. The zero-order valence-electron chi connectivity index (χ0n) is 10.1. The molecule has 1 unspecified atom stereocenters. The summed E-state index contributed by atoms with van der Waals surface area (Å²) in [6.07, 6.45) is 3.92. The van der Waals surface area contributed by atoms with Crippen molar-refractivity contribution in [2.75, 3.05) is 19.7 Å². The topological polar surface area (TPSA) is 49.8 Å². The van der Waals surface area contributed by atoms with Crippen LogP contribution in [0.4, 0.5) is 0 Å². The van der Waals surface area contributed by atoms with Crippen LogP contribution in [0.2, 0.25) is 0 Å². The Hall–Kier alpha value is -0.610. The fourth-order valence-electron chi connectivity index (χ4n) is 2.75. The van der Waals surface area contributed by atoms with Gasteiger partial charge in [0.15, 0.2) is 0 Å². The van der Waals surface area contributed by atoms with E-state index in [9.17, 15) is 4.79 Å². The Morgan fingerprint density at radius 3 is 2.62 bits per heavy atom. The lowest BCUT2D eigenvalue weighted by Gasteiger charge is -2.51. The maximum atomic E-state index is 10.4. The summed E-state index contributed by atoms with van der Waals surface area (Å²) in [5.41, 5.74) is -0.235. The fourth-order valence-corrected chi connectivity index (χ4v) is 2.75. The van der Waals surface area contributed by atoms with E-state index in [0.29, 0.717) is 6.04 Å². The molecule has 0 bridgehead atoms. The SMILES string of the molecule is CCC(C1CC1)N1CC(C)(OCC(=O)O)C1. The number of nitrogens with zero attached hydrogens (tertiary/aromatic N) is 1. The van der Waals surface area contributed by atoms with Gasteiger partial charge in [0.1, 0.15) is 6.61 Å². The summed E-state index contributed by atoms with van der Waals surface area (Å²) in [6, 6.07) is 0.696. The Bertz CT molecular complexity index is 269. The molecule has 1 saturated carbocycles. The molecule has 16 heavy (non-hydrogen) atoms. The molecule has 4 nitrogen and oxygen atoms in total. The Kier molecular flexibility index (Phi) is 3.22. The molecule has 4 heteroatoms. The normalized spacial score (nSPS) is 26.1. The van der Waals surface area contributed by atoms with Gasteiger partial charge in [-0.05, 0) is 32.1 Å². The number of carbonyl (C=O) groups is 1. The standard InChI is InChI=1S/C12H21NO3/c1-3-10(9-4-5-9)13-7-12(2,8-13)16-6-11(14)15/h9-10H,3-8H2,1-2H3,(H,14,15). The van der Waals surface area contributed by atoms with Crippen molar-refractivity contribution < 1.29 is 14.6 Å². The van der Waals surface area contributed by atoms with Gasteiger partial charge in [-0.2, -0.15) is 0 Å². The highest BCUT2D eigenvalue weighted by molar-refractivity contribution is 5.68. The minimum Gasteiger partial charge on any atom is -0.480 e. The highest BCUT2D eigenvalue weighted by Gasteiger charge is 2.46. The summed E-state index contributed by atoms with van der Waals surface area (Å²) < 4.78 is 5.41. The number of hydrogen-bond acceptors (Lipinski definition) is 3. The van der Waals surface area contributed by atoms with E-state index in [0.717, 1.165) is 19.0 Å². The van der Waals surface area contributed by atoms with Crippen LogP contribution in [0.1, 0.15) is 33.1 Å². The summed E-state index contributed by atoms with van der Waals surface area (Å²) in [5, 5.41) is 8.58. The number of carboxylic acids is 1. The van der Waals surface area contributed by atoms with Gasteiger partial charge in [0.05, 0.1) is 5.60 Å². The lowest BCUT2D eigenvalue weighted by Crippen LogP contribution is -2.64. The monoisotopic (exact) mass is 227 g/mol. The molecule has 2 aliphatic rings. The summed E-state index contributed by atoms with van der Waals surface area (Å²) in [4.78, 5) is 12.9. The third-order valence-corrected chi connectivity index (χ3v) is 3.67. The number of ether oxygens (including phenoxy) is 1. The second kappa shape index (κ2) is 4.34. The van der Waals surface area contributed by atoms with E-state index < -0.39 is 5.97 Å². The van der Waals surface area contributed by atoms with Gasteiger partial charge >= 0.3 is 5.97 Å². The first-order valence-corrected chi connectivity index (χ1v) is 6.14. The van der Waals surface area contributed by atoms with E-state index >= 15 is 0 Å². The first kappa shape index (κ1) is 11.9. The van der Waals surface area contributed by atoms with Crippen LogP contribution in [0.5, 0.6) is 0 Å². The van der Waals surface area contributed by atoms with Crippen molar-refractivity contribution in [2.45, 2.75) is 44.8 Å². The minimum absolute atomic E-state index is 0.176. The first-order chi connectivity index (χ1) is 7.54. The molecular formula is C12H21NO3. The van der Waals surface area contributed by atoms with Crippen molar-refractivity contribution in [1.29, 1.82) is 0 Å². The maximum absolute atomic E-state index is 10.4. The Morgan fingerprint density at radius 2 is 2.19 bits per heavy atom. The lowest BCUT2D eigenvalue weighted by molar-refractivity contribution is -0.170. The van der Waals surface area contributed by atoms with Crippen LogP contribution in [0.3, 0.4) is 0 Å². The van der Waals surface area contributed by atoms with Gasteiger partial charge in [0, 0.05) is 19.1 Å². The van der Waals surface area contributed by atoms with E-state index in [2.05, 4.69) is 11.8 Å². The highest BCUT2D eigenvalue weighted by atomic mass is 16.5. The van der Waals surface area contributed by atoms with Gasteiger partial charge in [0.2, 0.25) is 0 Å². The van der Waals surface area contributed by atoms with Gasteiger partial charge in [0.25, 0.3) is 0 Å². The van der Waals surface area contributed by atoms with Gasteiger partial charge in [-0.15, -0.1) is 0 Å². The molecule has 0 aromatic carbocycles. The van der Waals surface area contributed by atoms with Crippen molar-refractivity contribution in [1.82, 2.24) is 4.90 Å². The third-order valence-electron chi connectivity index (χ3n) is 3.67. The molecule has 1 aliphatic carbocycles. The smallest absolute Gasteiger partial charge is 0.329 e. The molecule has 2 fully saturated rings. The van der Waals surface area contributed by atoms with Crippen LogP contribution in [0.15, 0.2) is 0 Å². The first-order valence-electron chi connectivity index (χ1n) is 6.14. The summed E-state index contributed by atoms with van der Waals surface area (Å²) in [7, 11) is 0. The number of rotatable bonds is 6. The predicted molar refractivity (Wildman–Crippen MR) is 60.4 cm³/mol. The van der Waals surface area contributed by atoms with E-state index in [1.807, 2.05) is 6.92 Å². The maximum Gasteiger partial charge on any atom is 0.329 e. The molecule has 92 valence electrons. The molecule has 0 radical (unpaired) electrons. The van der Waals surface area contributed by atoms with Crippen molar-refractivity contribution in [3.63, 3.8) is 0 Å². The van der Waals surface area contributed by atoms with Crippen LogP contribution in [-0.2, 0) is 9.53 Å². The quantitative estimate of drug-likeness (QED) is 0.744. The largest absolute Gasteiger partial charge is 0.480 e. The van der Waals surface area contributed by atoms with E-state index in [1.165, 1.54) is 19.3 Å². The molecule has 1 aliphatic heterocycles. The van der Waals surface area contributed by atoms with E-state index in [-0.39, 0.29) is 12.2 Å². The summed E-state index contributed by atoms with van der Waals surface area (Å²) in [5.74, 6) is 0.00272. The highest BCUT2D eigenvalue weighted by Crippen LogP contribution is 2.40. The Labute approximate surface area is 96.6 Å². The molecule has 1 heterocycles. The molecular weight excluding hydrogens is 206 g/mol. The fraction of sp³-hybridized carbons (Fsp3) is 0.917. The zero-order chi connectivity index (χ0) is 11.8. The van der Waals surface area contributed by atoms with Crippen molar-refractivity contribution in [3.05, 3.63) is 0 Å². The van der Waals surface area contributed by atoms with Crippen LogP contribution < -0.4 is 0 Å². The van der Waals surface area contributed by atoms with Gasteiger partial charge in [-0.1, -0.05) is 6.92 Å². The van der Waals surface area contributed by atoms with Crippen molar-refractivity contribution >= 4 is 5.97 Å². The second-order valence-electron chi connectivity index (χ2n) is 5.35. The van der Waals surface area contributed by atoms with E-state index in [1.54, 1.807) is 0 Å². The molecule has 1 N–H and O–H groups in total. The van der Waals surface area contributed by atoms with E-state index in [4.69, 9.17) is 9.84 Å². The number of carboxylic acid groups (broad SMARTS) is 1. The molecule has 1 atom stereocenters. The lowest BCUT2D eigenvalue weighted by atomic mass is 9.91. The van der Waals surface area contributed by atoms with Crippen molar-refractivity contribution in [3.8, 4) is 0 Å². The molecule has 0 aromatic heterocycles. The molecule has 2 rings (SSSR count). The molecule has 0 spiro atoms. The Morgan fingerprint density at radius 1 is 1.56 bits per heavy atom. The summed E-state index contributed by atoms with van der Waals surface area (Å²) in [6.45, 7) is 5.83. The minimum atomic E-state index is -0.881. The van der Waals surface area contributed by atoms with Gasteiger partial charge in [-0.3, -0.25) is 4.90 Å². The van der Waals surface area contributed by atoms with Crippen molar-refractivity contribution in [2.24, 2.45) is 5.92 Å². The molecule has 0 amide bonds. The number of likely N-dealkylation sites (tertiary alicyclic amines) is 1. The van der Waals surface area contributed by atoms with Gasteiger partial charge in [-0.25, -0.2) is 4.79 Å². The average molecular weight is 227 g/mol. The van der Waals surface area contributed by atoms with Crippen LogP contribution in [0, 0.1) is 5.92 Å². The second-order valence-corrected chi connectivity index (χ2v) is 5.35. The zero-order valence-corrected chi connectivity index (χ0v) is 10.1. The van der Waals surface area contributed by atoms with Crippen LogP contribution >= 0.6 is 0 Å². The predicted octanol–water partition coefficient (Wildman–Crippen LogP) is 1.35. The van der Waals surface area contributed by atoms with Crippen LogP contribution in [-0.4, -0.2) is 47.3 Å². The molecule has 1 saturated heterocycles.